The number of carbonyl (C=O) groups excluding carboxylic acids is 1. The van der Waals surface area contributed by atoms with Gasteiger partial charge >= 0.3 is 5.97 Å². The van der Waals surface area contributed by atoms with E-state index < -0.39 is 11.9 Å². The van der Waals surface area contributed by atoms with Gasteiger partial charge < -0.3 is 10.0 Å². The monoisotopic (exact) mass is 262 g/mol. The summed E-state index contributed by atoms with van der Waals surface area (Å²) >= 11 is 0. The van der Waals surface area contributed by atoms with Gasteiger partial charge in [0.1, 0.15) is 0 Å². The number of pyridine rings is 1. The smallest absolute Gasteiger partial charge is 0.308 e. The van der Waals surface area contributed by atoms with Gasteiger partial charge in [-0.2, -0.15) is 0 Å². The minimum atomic E-state index is -0.832. The van der Waals surface area contributed by atoms with Gasteiger partial charge in [-0.15, -0.1) is 0 Å². The number of amides is 1. The fourth-order valence-corrected chi connectivity index (χ4v) is 2.54. The normalized spacial score (nSPS) is 22.6. The van der Waals surface area contributed by atoms with Crippen molar-refractivity contribution in [1.82, 2.24) is 9.88 Å². The fourth-order valence-electron chi connectivity index (χ4n) is 2.54. The maximum atomic E-state index is 12.4. The second kappa shape index (κ2) is 4.99. The Morgan fingerprint density at radius 1 is 1.32 bits per heavy atom. The molecule has 19 heavy (non-hydrogen) atoms. The van der Waals surface area contributed by atoms with Gasteiger partial charge in [0.05, 0.1) is 17.2 Å². The van der Waals surface area contributed by atoms with E-state index in [0.717, 1.165) is 5.69 Å². The molecule has 2 heterocycles. The quantitative estimate of drug-likeness (QED) is 0.876. The number of carboxylic acid groups (broad SMARTS) is 1. The van der Waals surface area contributed by atoms with Crippen molar-refractivity contribution >= 4 is 11.9 Å². The lowest BCUT2D eigenvalue weighted by Gasteiger charge is -2.17. The summed E-state index contributed by atoms with van der Waals surface area (Å²) < 4.78 is 0. The van der Waals surface area contributed by atoms with Crippen LogP contribution < -0.4 is 0 Å². The molecule has 2 atom stereocenters. The van der Waals surface area contributed by atoms with Crippen LogP contribution >= 0.6 is 0 Å². The molecule has 1 aliphatic heterocycles. The van der Waals surface area contributed by atoms with Crippen LogP contribution in [0.4, 0.5) is 0 Å². The molecule has 0 aromatic carbocycles. The van der Waals surface area contributed by atoms with E-state index in [9.17, 15) is 9.59 Å². The SMILES string of the molecule is Cc1ccc(C(=O)N2C[C@@H](C)[C@H](C(=O)O)C2)c(C)n1. The highest BCUT2D eigenvalue weighted by Crippen LogP contribution is 2.25. The molecule has 2 rings (SSSR count). The maximum Gasteiger partial charge on any atom is 0.308 e. The summed E-state index contributed by atoms with van der Waals surface area (Å²) in [5.74, 6) is -1.44. The Balaban J connectivity index is 2.19. The number of aromatic nitrogens is 1. The van der Waals surface area contributed by atoms with Crippen LogP contribution in [0, 0.1) is 25.7 Å². The fraction of sp³-hybridized carbons (Fsp3) is 0.500. The zero-order valence-electron chi connectivity index (χ0n) is 11.4. The highest BCUT2D eigenvalue weighted by atomic mass is 16.4. The maximum absolute atomic E-state index is 12.4. The Bertz CT molecular complexity index is 527. The Morgan fingerprint density at radius 3 is 2.53 bits per heavy atom. The molecule has 0 unspecified atom stereocenters. The molecule has 0 radical (unpaired) electrons. The first kappa shape index (κ1) is 13.5. The van der Waals surface area contributed by atoms with Gasteiger partial charge in [0.15, 0.2) is 0 Å². The van der Waals surface area contributed by atoms with E-state index in [-0.39, 0.29) is 18.4 Å². The van der Waals surface area contributed by atoms with E-state index in [1.807, 2.05) is 13.8 Å². The first-order valence-electron chi connectivity index (χ1n) is 6.36. The first-order chi connectivity index (χ1) is 8.90. The van der Waals surface area contributed by atoms with E-state index in [4.69, 9.17) is 5.11 Å². The summed E-state index contributed by atoms with van der Waals surface area (Å²) in [5, 5.41) is 9.09. The highest BCUT2D eigenvalue weighted by molar-refractivity contribution is 5.95. The lowest BCUT2D eigenvalue weighted by atomic mass is 9.99. The molecule has 0 bridgehead atoms. The topological polar surface area (TPSA) is 70.5 Å². The Kier molecular flexibility index (Phi) is 3.55. The number of carboxylic acids is 1. The summed E-state index contributed by atoms with van der Waals surface area (Å²) in [6.45, 7) is 6.31. The summed E-state index contributed by atoms with van der Waals surface area (Å²) in [5.41, 5.74) is 2.12. The Hall–Kier alpha value is -1.91. The number of aryl methyl sites for hydroxylation is 2. The van der Waals surface area contributed by atoms with Gasteiger partial charge in [-0.3, -0.25) is 14.6 Å². The number of likely N-dealkylation sites (tertiary alicyclic amines) is 1. The summed E-state index contributed by atoms with van der Waals surface area (Å²) in [7, 11) is 0. The zero-order chi connectivity index (χ0) is 14.2. The van der Waals surface area contributed by atoms with Crippen LogP contribution in [-0.4, -0.2) is 40.0 Å². The van der Waals surface area contributed by atoms with Gasteiger partial charge in [-0.25, -0.2) is 0 Å². The van der Waals surface area contributed by atoms with E-state index in [0.29, 0.717) is 17.8 Å². The van der Waals surface area contributed by atoms with Crippen LogP contribution in [0.5, 0.6) is 0 Å². The van der Waals surface area contributed by atoms with Gasteiger partial charge in [0.25, 0.3) is 5.91 Å². The third-order valence-corrected chi connectivity index (χ3v) is 3.67. The van der Waals surface area contributed by atoms with E-state index in [1.165, 1.54) is 0 Å². The number of hydrogen-bond acceptors (Lipinski definition) is 3. The predicted octanol–water partition coefficient (Wildman–Crippen LogP) is 1.49. The number of carbonyl (C=O) groups is 2. The van der Waals surface area contributed by atoms with Gasteiger partial charge in [-0.1, -0.05) is 6.92 Å². The van der Waals surface area contributed by atoms with E-state index in [1.54, 1.807) is 24.0 Å². The molecule has 1 amide bonds. The van der Waals surface area contributed by atoms with Crippen molar-refractivity contribution in [3.8, 4) is 0 Å². The first-order valence-corrected chi connectivity index (χ1v) is 6.36. The third-order valence-electron chi connectivity index (χ3n) is 3.67. The minimum absolute atomic E-state index is 0.0137. The van der Waals surface area contributed by atoms with Crippen molar-refractivity contribution in [2.24, 2.45) is 11.8 Å². The van der Waals surface area contributed by atoms with Crippen molar-refractivity contribution in [2.45, 2.75) is 20.8 Å². The van der Waals surface area contributed by atoms with Crippen LogP contribution in [0.3, 0.4) is 0 Å². The molecule has 1 aliphatic rings. The summed E-state index contributed by atoms with van der Waals surface area (Å²) in [6.07, 6.45) is 0. The zero-order valence-corrected chi connectivity index (χ0v) is 11.4. The van der Waals surface area contributed by atoms with E-state index >= 15 is 0 Å². The lowest BCUT2D eigenvalue weighted by Crippen LogP contribution is -2.30. The summed E-state index contributed by atoms with van der Waals surface area (Å²) in [4.78, 5) is 29.4. The molecule has 102 valence electrons. The molecule has 1 fully saturated rings. The van der Waals surface area contributed by atoms with Gasteiger partial charge in [0.2, 0.25) is 0 Å². The van der Waals surface area contributed by atoms with Gasteiger partial charge in [-0.05, 0) is 31.9 Å². The average Bonchev–Trinajstić information content (AvgIpc) is 2.70. The second-order valence-corrected chi connectivity index (χ2v) is 5.22. The molecular weight excluding hydrogens is 244 g/mol. The Labute approximate surface area is 112 Å². The highest BCUT2D eigenvalue weighted by Gasteiger charge is 2.37. The van der Waals surface area contributed by atoms with Crippen LogP contribution in [-0.2, 0) is 4.79 Å². The molecule has 1 saturated heterocycles. The van der Waals surface area contributed by atoms with Crippen molar-refractivity contribution in [1.29, 1.82) is 0 Å². The molecular formula is C14H18N2O3. The minimum Gasteiger partial charge on any atom is -0.481 e. The third kappa shape index (κ3) is 2.59. The second-order valence-electron chi connectivity index (χ2n) is 5.22. The van der Waals surface area contributed by atoms with Crippen molar-refractivity contribution < 1.29 is 14.7 Å². The lowest BCUT2D eigenvalue weighted by molar-refractivity contribution is -0.142. The van der Waals surface area contributed by atoms with Crippen LogP contribution in [0.2, 0.25) is 0 Å². The number of nitrogens with zero attached hydrogens (tertiary/aromatic N) is 2. The number of rotatable bonds is 2. The standard InChI is InChI=1S/C14H18N2O3/c1-8-6-16(7-12(8)14(18)19)13(17)11-5-4-9(2)15-10(11)3/h4-5,8,12H,6-7H2,1-3H3,(H,18,19)/t8-,12-/m1/s1. The average molecular weight is 262 g/mol. The Morgan fingerprint density at radius 2 is 2.00 bits per heavy atom. The molecule has 0 saturated carbocycles. The largest absolute Gasteiger partial charge is 0.481 e. The predicted molar refractivity (Wildman–Crippen MR) is 69.9 cm³/mol. The van der Waals surface area contributed by atoms with Crippen molar-refractivity contribution in [3.05, 3.63) is 29.1 Å². The molecule has 5 heteroatoms. The van der Waals surface area contributed by atoms with Crippen molar-refractivity contribution in [3.63, 3.8) is 0 Å². The molecule has 0 spiro atoms. The molecule has 0 aliphatic carbocycles. The number of aliphatic carboxylic acids is 1. The van der Waals surface area contributed by atoms with Gasteiger partial charge in [0, 0.05) is 18.8 Å². The molecule has 1 aromatic heterocycles. The molecule has 1 N–H and O–H groups in total. The van der Waals surface area contributed by atoms with Crippen LogP contribution in [0.25, 0.3) is 0 Å². The molecule has 5 nitrogen and oxygen atoms in total. The van der Waals surface area contributed by atoms with Crippen LogP contribution in [0.15, 0.2) is 12.1 Å². The van der Waals surface area contributed by atoms with Crippen LogP contribution in [0.1, 0.15) is 28.7 Å². The summed E-state index contributed by atoms with van der Waals surface area (Å²) in [6, 6.07) is 3.56. The number of hydrogen-bond donors (Lipinski definition) is 1. The van der Waals surface area contributed by atoms with Crippen molar-refractivity contribution in [2.75, 3.05) is 13.1 Å². The molecule has 1 aromatic rings. The van der Waals surface area contributed by atoms with E-state index in [2.05, 4.69) is 4.98 Å².